The summed E-state index contributed by atoms with van der Waals surface area (Å²) < 4.78 is 48.3. The predicted octanol–water partition coefficient (Wildman–Crippen LogP) is 3.27. The number of sulfone groups is 1. The van der Waals surface area contributed by atoms with Gasteiger partial charge < -0.3 is 14.2 Å². The van der Waals surface area contributed by atoms with Crippen LogP contribution in [0.4, 0.5) is 4.39 Å². The molecule has 2 heterocycles. The number of hydrogen-bond donors (Lipinski definition) is 0. The molecule has 174 valence electrons. The minimum atomic E-state index is -3.20. The molecule has 1 atom stereocenters. The van der Waals surface area contributed by atoms with Crippen LogP contribution >= 0.6 is 11.6 Å². The quantitative estimate of drug-likeness (QED) is 0.553. The third kappa shape index (κ3) is 5.29. The number of nitrogens with zero attached hydrogens (tertiary/aromatic N) is 2. The summed E-state index contributed by atoms with van der Waals surface area (Å²) in [5.41, 5.74) is -0.366. The summed E-state index contributed by atoms with van der Waals surface area (Å²) in [5.74, 6) is -2.04. The van der Waals surface area contributed by atoms with E-state index in [4.69, 9.17) is 20.9 Å². The van der Waals surface area contributed by atoms with Gasteiger partial charge in [-0.25, -0.2) is 17.6 Å². The number of aryl methyl sites for hydroxylation is 1. The predicted molar refractivity (Wildman–Crippen MR) is 116 cm³/mol. The van der Waals surface area contributed by atoms with Gasteiger partial charge in [0.1, 0.15) is 22.8 Å². The zero-order valence-electron chi connectivity index (χ0n) is 17.9. The van der Waals surface area contributed by atoms with Crippen LogP contribution in [-0.4, -0.2) is 61.1 Å². The highest BCUT2D eigenvalue weighted by atomic mass is 35.5. The molecule has 32 heavy (non-hydrogen) atoms. The second kappa shape index (κ2) is 9.58. The third-order valence-corrected chi connectivity index (χ3v) is 7.19. The summed E-state index contributed by atoms with van der Waals surface area (Å²) in [6.07, 6.45) is 0.343. The maximum atomic E-state index is 14.3. The topological polar surface area (TPSA) is 107 Å². The minimum absolute atomic E-state index is 0.0198. The molecule has 2 aromatic rings. The fourth-order valence-corrected chi connectivity index (χ4v) is 5.64. The van der Waals surface area contributed by atoms with Gasteiger partial charge >= 0.3 is 5.97 Å². The van der Waals surface area contributed by atoms with Crippen molar-refractivity contribution in [1.82, 2.24) is 10.1 Å². The van der Waals surface area contributed by atoms with E-state index < -0.39 is 40.2 Å². The van der Waals surface area contributed by atoms with E-state index in [0.717, 1.165) is 0 Å². The van der Waals surface area contributed by atoms with Gasteiger partial charge in [0.25, 0.3) is 5.91 Å². The maximum absolute atomic E-state index is 14.3. The molecule has 1 unspecified atom stereocenters. The van der Waals surface area contributed by atoms with Gasteiger partial charge in [-0.1, -0.05) is 36.7 Å². The average Bonchev–Trinajstić information content (AvgIpc) is 3.25. The number of ether oxygens (including phenoxy) is 1. The summed E-state index contributed by atoms with van der Waals surface area (Å²) in [5, 5.41) is 3.78. The Bertz CT molecular complexity index is 1110. The van der Waals surface area contributed by atoms with Gasteiger partial charge in [-0.3, -0.25) is 4.79 Å². The molecule has 0 bridgehead atoms. The fourth-order valence-electron chi connectivity index (χ4n) is 3.66. The molecular formula is C21H24ClFN2O6S. The molecule has 1 aromatic carbocycles. The Morgan fingerprint density at radius 1 is 1.38 bits per heavy atom. The van der Waals surface area contributed by atoms with Crippen LogP contribution in [0.3, 0.4) is 0 Å². The molecule has 0 aliphatic carbocycles. The van der Waals surface area contributed by atoms with Crippen LogP contribution in [0, 0.1) is 18.7 Å². The van der Waals surface area contributed by atoms with Gasteiger partial charge in [0.2, 0.25) is 0 Å². The lowest BCUT2D eigenvalue weighted by Crippen LogP contribution is -2.45. The number of aromatic nitrogens is 1. The molecule has 3 rings (SSSR count). The van der Waals surface area contributed by atoms with Crippen molar-refractivity contribution in [3.8, 4) is 11.3 Å². The van der Waals surface area contributed by atoms with Crippen LogP contribution in [0.5, 0.6) is 0 Å². The Kier molecular flexibility index (Phi) is 7.24. The van der Waals surface area contributed by atoms with Crippen molar-refractivity contribution in [2.24, 2.45) is 5.92 Å². The maximum Gasteiger partial charge on any atom is 0.344 e. The monoisotopic (exact) mass is 486 g/mol. The lowest BCUT2D eigenvalue weighted by atomic mass is 10.1. The van der Waals surface area contributed by atoms with E-state index in [1.54, 1.807) is 0 Å². The lowest BCUT2D eigenvalue weighted by Gasteiger charge is -2.29. The molecule has 1 fully saturated rings. The van der Waals surface area contributed by atoms with Crippen LogP contribution < -0.4 is 0 Å². The standard InChI is InChI=1S/C21H24ClFN2O6S/c1-12(2)9-25(14-7-8-32(28,29)11-14)17(26)10-30-21(27)18-13(3)31-24-20(18)19-15(22)5-4-6-16(19)23/h4-6,12,14H,7-11H2,1-3H3. The van der Waals surface area contributed by atoms with Crippen LogP contribution in [0.15, 0.2) is 22.7 Å². The molecule has 8 nitrogen and oxygen atoms in total. The summed E-state index contributed by atoms with van der Waals surface area (Å²) in [6.45, 7) is 5.00. The van der Waals surface area contributed by atoms with E-state index in [9.17, 15) is 22.4 Å². The summed E-state index contributed by atoms with van der Waals surface area (Å²) in [4.78, 5) is 27.1. The number of esters is 1. The second-order valence-electron chi connectivity index (χ2n) is 8.13. The molecule has 0 saturated carbocycles. The van der Waals surface area contributed by atoms with Gasteiger partial charge in [-0.2, -0.15) is 0 Å². The lowest BCUT2D eigenvalue weighted by molar-refractivity contribution is -0.137. The van der Waals surface area contributed by atoms with Crippen molar-refractivity contribution in [2.75, 3.05) is 24.7 Å². The van der Waals surface area contributed by atoms with E-state index in [1.807, 2.05) is 13.8 Å². The molecule has 0 spiro atoms. The molecule has 1 saturated heterocycles. The van der Waals surface area contributed by atoms with Crippen LogP contribution in [0.25, 0.3) is 11.3 Å². The van der Waals surface area contributed by atoms with Crippen LogP contribution in [0.1, 0.15) is 36.4 Å². The van der Waals surface area contributed by atoms with E-state index in [1.165, 1.54) is 30.0 Å². The molecule has 0 radical (unpaired) electrons. The van der Waals surface area contributed by atoms with Crippen molar-refractivity contribution >= 4 is 33.3 Å². The Hall–Kier alpha value is -2.46. The smallest absolute Gasteiger partial charge is 0.344 e. The second-order valence-corrected chi connectivity index (χ2v) is 10.8. The molecule has 1 aliphatic heterocycles. The number of carbonyl (C=O) groups is 2. The van der Waals surface area contributed by atoms with E-state index >= 15 is 0 Å². The van der Waals surface area contributed by atoms with Gasteiger partial charge in [-0.05, 0) is 31.4 Å². The number of halogens is 2. The molecular weight excluding hydrogens is 463 g/mol. The van der Waals surface area contributed by atoms with Crippen LogP contribution in [-0.2, 0) is 19.4 Å². The molecule has 0 N–H and O–H groups in total. The highest BCUT2D eigenvalue weighted by Gasteiger charge is 2.35. The molecule has 11 heteroatoms. The largest absolute Gasteiger partial charge is 0.452 e. The number of hydrogen-bond acceptors (Lipinski definition) is 7. The Labute approximate surface area is 190 Å². The highest BCUT2D eigenvalue weighted by Crippen LogP contribution is 2.33. The first kappa shape index (κ1) is 24.2. The summed E-state index contributed by atoms with van der Waals surface area (Å²) in [7, 11) is -3.20. The van der Waals surface area contributed by atoms with Crippen LogP contribution in [0.2, 0.25) is 5.02 Å². The third-order valence-electron chi connectivity index (χ3n) is 5.12. The zero-order chi connectivity index (χ0) is 23.6. The van der Waals surface area contributed by atoms with Crippen molar-refractivity contribution in [2.45, 2.75) is 33.2 Å². The van der Waals surface area contributed by atoms with Crippen molar-refractivity contribution in [1.29, 1.82) is 0 Å². The molecule has 1 amide bonds. The molecule has 1 aliphatic rings. The normalized spacial score (nSPS) is 17.5. The first-order valence-corrected chi connectivity index (χ1v) is 12.3. The number of benzene rings is 1. The van der Waals surface area contributed by atoms with E-state index in [-0.39, 0.29) is 45.0 Å². The number of amides is 1. The first-order chi connectivity index (χ1) is 15.0. The Morgan fingerprint density at radius 3 is 2.69 bits per heavy atom. The zero-order valence-corrected chi connectivity index (χ0v) is 19.5. The summed E-state index contributed by atoms with van der Waals surface area (Å²) >= 11 is 6.08. The number of carbonyl (C=O) groups excluding carboxylic acids is 2. The summed E-state index contributed by atoms with van der Waals surface area (Å²) in [6, 6.07) is 3.57. The van der Waals surface area contributed by atoms with Gasteiger partial charge in [0.15, 0.2) is 16.4 Å². The van der Waals surface area contributed by atoms with E-state index in [0.29, 0.717) is 13.0 Å². The first-order valence-electron chi connectivity index (χ1n) is 10.1. The SMILES string of the molecule is Cc1onc(-c2c(F)cccc2Cl)c1C(=O)OCC(=O)N(CC(C)C)C1CCS(=O)(=O)C1. The highest BCUT2D eigenvalue weighted by molar-refractivity contribution is 7.91. The minimum Gasteiger partial charge on any atom is -0.452 e. The van der Waals surface area contributed by atoms with Crippen molar-refractivity contribution in [3.63, 3.8) is 0 Å². The average molecular weight is 487 g/mol. The van der Waals surface area contributed by atoms with Crippen molar-refractivity contribution < 1.29 is 31.7 Å². The van der Waals surface area contributed by atoms with Crippen molar-refractivity contribution in [3.05, 3.63) is 40.4 Å². The van der Waals surface area contributed by atoms with Gasteiger partial charge in [-0.15, -0.1) is 0 Å². The molecule has 1 aromatic heterocycles. The van der Waals surface area contributed by atoms with Gasteiger partial charge in [0.05, 0.1) is 22.1 Å². The Morgan fingerprint density at radius 2 is 2.09 bits per heavy atom. The Balaban J connectivity index is 1.78. The van der Waals surface area contributed by atoms with E-state index in [2.05, 4.69) is 5.16 Å². The van der Waals surface area contributed by atoms with Gasteiger partial charge in [0, 0.05) is 12.6 Å². The number of rotatable bonds is 7. The fraction of sp³-hybridized carbons (Fsp3) is 0.476.